The second-order valence-electron chi connectivity index (χ2n) is 6.52. The third-order valence-corrected chi connectivity index (χ3v) is 5.18. The van der Waals surface area contributed by atoms with Crippen LogP contribution in [-0.4, -0.2) is 17.6 Å². The zero-order valence-corrected chi connectivity index (χ0v) is 16.7. The molecule has 0 atom stereocenters. The molecule has 3 rings (SSSR count). The van der Waals surface area contributed by atoms with Crippen LogP contribution in [0.15, 0.2) is 77.7 Å². The highest BCUT2D eigenvalue weighted by Gasteiger charge is 2.13. The molecule has 0 heterocycles. The molecule has 0 unspecified atom stereocenters. The quantitative estimate of drug-likeness (QED) is 0.563. The minimum Gasteiger partial charge on any atom is -0.325 e. The Labute approximate surface area is 169 Å². The number of amides is 2. The van der Waals surface area contributed by atoms with Crippen LogP contribution in [0, 0.1) is 13.8 Å². The Morgan fingerprint density at radius 1 is 0.786 bits per heavy atom. The van der Waals surface area contributed by atoms with Gasteiger partial charge in [-0.05, 0) is 55.8 Å². The highest BCUT2D eigenvalue weighted by molar-refractivity contribution is 8.00. The summed E-state index contributed by atoms with van der Waals surface area (Å²) in [6.07, 6.45) is 0. The minimum atomic E-state index is -0.187. The van der Waals surface area contributed by atoms with Crippen LogP contribution in [0.25, 0.3) is 0 Å². The van der Waals surface area contributed by atoms with Crippen molar-refractivity contribution in [3.63, 3.8) is 0 Å². The molecule has 0 radical (unpaired) electrons. The highest BCUT2D eigenvalue weighted by Crippen LogP contribution is 2.24. The largest absolute Gasteiger partial charge is 0.325 e. The van der Waals surface area contributed by atoms with Gasteiger partial charge in [-0.1, -0.05) is 42.0 Å². The van der Waals surface area contributed by atoms with E-state index in [0.717, 1.165) is 27.4 Å². The number of nitrogens with one attached hydrogen (secondary N) is 2. The molecule has 0 aliphatic carbocycles. The fourth-order valence-electron chi connectivity index (χ4n) is 2.68. The van der Waals surface area contributed by atoms with Crippen molar-refractivity contribution in [1.29, 1.82) is 0 Å². The molecular weight excluding hydrogens is 368 g/mol. The molecule has 3 aromatic rings. The molecule has 142 valence electrons. The summed E-state index contributed by atoms with van der Waals surface area (Å²) in [6.45, 7) is 3.98. The first-order chi connectivity index (χ1) is 13.5. The van der Waals surface area contributed by atoms with Gasteiger partial charge in [-0.3, -0.25) is 9.59 Å². The number of hydrogen-bond donors (Lipinski definition) is 2. The summed E-state index contributed by atoms with van der Waals surface area (Å²) in [5.41, 5.74) is 4.29. The van der Waals surface area contributed by atoms with Gasteiger partial charge in [0.15, 0.2) is 0 Å². The van der Waals surface area contributed by atoms with E-state index < -0.39 is 0 Å². The van der Waals surface area contributed by atoms with Gasteiger partial charge < -0.3 is 10.6 Å². The van der Waals surface area contributed by atoms with Crippen molar-refractivity contribution in [2.75, 3.05) is 16.4 Å². The summed E-state index contributed by atoms with van der Waals surface area (Å²) in [5.74, 6) is -0.0711. The van der Waals surface area contributed by atoms with Gasteiger partial charge in [-0.25, -0.2) is 0 Å². The predicted octanol–water partition coefficient (Wildman–Crippen LogP) is 5.29. The summed E-state index contributed by atoms with van der Waals surface area (Å²) < 4.78 is 0. The molecule has 0 saturated carbocycles. The Balaban J connectivity index is 1.64. The fraction of sp³-hybridized carbons (Fsp3) is 0.130. The van der Waals surface area contributed by atoms with Crippen molar-refractivity contribution in [3.05, 3.63) is 89.5 Å². The first-order valence-corrected chi connectivity index (χ1v) is 9.96. The van der Waals surface area contributed by atoms with E-state index >= 15 is 0 Å². The standard InChI is InChI=1S/C23H22N2O2S/c1-16-10-12-18(13-11-16)24-22(26)15-28-21-9-4-3-8-20(21)23(27)25-19-7-5-6-17(2)14-19/h3-14H,15H2,1-2H3,(H,24,26)(H,25,27). The second-order valence-corrected chi connectivity index (χ2v) is 7.54. The van der Waals surface area contributed by atoms with Gasteiger partial charge >= 0.3 is 0 Å². The molecule has 0 bridgehead atoms. The van der Waals surface area contributed by atoms with Gasteiger partial charge in [0.05, 0.1) is 11.3 Å². The van der Waals surface area contributed by atoms with Crippen molar-refractivity contribution in [1.82, 2.24) is 0 Å². The third kappa shape index (κ3) is 5.47. The fourth-order valence-corrected chi connectivity index (χ4v) is 3.53. The lowest BCUT2D eigenvalue weighted by atomic mass is 10.2. The molecule has 2 amide bonds. The lowest BCUT2D eigenvalue weighted by Crippen LogP contribution is -2.16. The number of anilines is 2. The van der Waals surface area contributed by atoms with Crippen LogP contribution >= 0.6 is 11.8 Å². The summed E-state index contributed by atoms with van der Waals surface area (Å²) in [5, 5.41) is 5.79. The maximum atomic E-state index is 12.7. The van der Waals surface area contributed by atoms with Crippen molar-refractivity contribution in [2.24, 2.45) is 0 Å². The zero-order valence-electron chi connectivity index (χ0n) is 15.9. The maximum Gasteiger partial charge on any atom is 0.256 e. The molecule has 4 nitrogen and oxygen atoms in total. The second kappa shape index (κ2) is 9.24. The summed E-state index contributed by atoms with van der Waals surface area (Å²) in [6, 6.07) is 22.6. The number of thioether (sulfide) groups is 1. The highest BCUT2D eigenvalue weighted by atomic mass is 32.2. The number of hydrogen-bond acceptors (Lipinski definition) is 3. The normalized spacial score (nSPS) is 10.4. The topological polar surface area (TPSA) is 58.2 Å². The number of rotatable bonds is 6. The molecule has 0 aliphatic rings. The van der Waals surface area contributed by atoms with Crippen molar-refractivity contribution in [2.45, 2.75) is 18.7 Å². The van der Waals surface area contributed by atoms with E-state index in [4.69, 9.17) is 0 Å². The zero-order chi connectivity index (χ0) is 19.9. The van der Waals surface area contributed by atoms with Gasteiger partial charge in [0.25, 0.3) is 5.91 Å². The maximum absolute atomic E-state index is 12.7. The van der Waals surface area contributed by atoms with Crippen LogP contribution in [0.1, 0.15) is 21.5 Å². The van der Waals surface area contributed by atoms with Crippen LogP contribution in [-0.2, 0) is 4.79 Å². The van der Waals surface area contributed by atoms with E-state index in [1.807, 2.05) is 80.6 Å². The summed E-state index contributed by atoms with van der Waals surface area (Å²) >= 11 is 1.35. The SMILES string of the molecule is Cc1ccc(NC(=O)CSc2ccccc2C(=O)Nc2cccc(C)c2)cc1. The molecule has 0 aromatic heterocycles. The molecule has 0 saturated heterocycles. The Bertz CT molecular complexity index is 984. The first-order valence-electron chi connectivity index (χ1n) is 8.97. The first kappa shape index (κ1) is 19.7. The number of aryl methyl sites for hydroxylation is 2. The molecule has 5 heteroatoms. The van der Waals surface area contributed by atoms with Crippen molar-refractivity contribution >= 4 is 35.0 Å². The Morgan fingerprint density at radius 3 is 2.29 bits per heavy atom. The van der Waals surface area contributed by atoms with E-state index in [-0.39, 0.29) is 17.6 Å². The number of carbonyl (C=O) groups is 2. The third-order valence-electron chi connectivity index (χ3n) is 4.10. The predicted molar refractivity (Wildman–Crippen MR) is 116 cm³/mol. The smallest absolute Gasteiger partial charge is 0.256 e. The van der Waals surface area contributed by atoms with E-state index in [0.29, 0.717) is 5.56 Å². The van der Waals surface area contributed by atoms with Crippen LogP contribution in [0.2, 0.25) is 0 Å². The van der Waals surface area contributed by atoms with Crippen LogP contribution in [0.3, 0.4) is 0 Å². The number of carbonyl (C=O) groups excluding carboxylic acids is 2. The van der Waals surface area contributed by atoms with Crippen LogP contribution in [0.5, 0.6) is 0 Å². The molecular formula is C23H22N2O2S. The van der Waals surface area contributed by atoms with E-state index in [9.17, 15) is 9.59 Å². The lowest BCUT2D eigenvalue weighted by molar-refractivity contribution is -0.113. The van der Waals surface area contributed by atoms with E-state index in [1.165, 1.54) is 11.8 Å². The van der Waals surface area contributed by atoms with Crippen molar-refractivity contribution in [3.8, 4) is 0 Å². The van der Waals surface area contributed by atoms with E-state index in [2.05, 4.69) is 10.6 Å². The lowest BCUT2D eigenvalue weighted by Gasteiger charge is -2.11. The summed E-state index contributed by atoms with van der Waals surface area (Å²) in [4.78, 5) is 25.7. The Kier molecular flexibility index (Phi) is 6.50. The van der Waals surface area contributed by atoms with Gasteiger partial charge in [0, 0.05) is 16.3 Å². The average molecular weight is 391 g/mol. The Hall–Kier alpha value is -3.05. The molecule has 3 aromatic carbocycles. The van der Waals surface area contributed by atoms with Gasteiger partial charge in [0.2, 0.25) is 5.91 Å². The monoisotopic (exact) mass is 390 g/mol. The van der Waals surface area contributed by atoms with Gasteiger partial charge in [0.1, 0.15) is 0 Å². The van der Waals surface area contributed by atoms with E-state index in [1.54, 1.807) is 6.07 Å². The molecule has 0 aliphatic heterocycles. The van der Waals surface area contributed by atoms with Gasteiger partial charge in [-0.2, -0.15) is 0 Å². The molecule has 28 heavy (non-hydrogen) atoms. The average Bonchev–Trinajstić information content (AvgIpc) is 2.68. The Morgan fingerprint density at radius 2 is 1.54 bits per heavy atom. The molecule has 0 spiro atoms. The van der Waals surface area contributed by atoms with Gasteiger partial charge in [-0.15, -0.1) is 11.8 Å². The van der Waals surface area contributed by atoms with Crippen LogP contribution < -0.4 is 10.6 Å². The number of benzene rings is 3. The van der Waals surface area contributed by atoms with Crippen LogP contribution in [0.4, 0.5) is 11.4 Å². The molecule has 2 N–H and O–H groups in total. The van der Waals surface area contributed by atoms with Crippen molar-refractivity contribution < 1.29 is 9.59 Å². The molecule has 0 fully saturated rings. The summed E-state index contributed by atoms with van der Waals surface area (Å²) in [7, 11) is 0. The minimum absolute atomic E-state index is 0.109.